The van der Waals surface area contributed by atoms with Crippen LogP contribution in [0.5, 0.6) is 0 Å². The van der Waals surface area contributed by atoms with Crippen molar-refractivity contribution in [2.75, 3.05) is 0 Å². The summed E-state index contributed by atoms with van der Waals surface area (Å²) in [6, 6.07) is 1.45. The number of hydrogen-bond donors (Lipinski definition) is 2. The zero-order valence-electron chi connectivity index (χ0n) is 10.6. The summed E-state index contributed by atoms with van der Waals surface area (Å²) < 4.78 is 3.94. The molecule has 7 nitrogen and oxygen atoms in total. The van der Waals surface area contributed by atoms with Gasteiger partial charge in [-0.15, -0.1) is 5.10 Å². The Hall–Kier alpha value is -2.35. The first kappa shape index (κ1) is 12.7. The molecule has 3 heterocycles. The number of rotatable bonds is 4. The lowest BCUT2D eigenvalue weighted by atomic mass is 10.2. The van der Waals surface area contributed by atoms with Gasteiger partial charge in [-0.2, -0.15) is 0 Å². The van der Waals surface area contributed by atoms with Crippen LogP contribution in [0.15, 0.2) is 12.3 Å². The zero-order valence-corrected chi connectivity index (χ0v) is 11.4. The number of imidazole rings is 1. The standard InChI is InChI=1S/C12H11N5O2S/c1-2-3-7-9(20-17-16-7)11-14-8-6(12(18)19)4-5-13-10(8)15-11/h4-5H,2-3H2,1H3,(H,18,19)(H,13,14,15). The second-order valence-electron chi connectivity index (χ2n) is 4.25. The highest BCUT2D eigenvalue weighted by Gasteiger charge is 2.17. The highest BCUT2D eigenvalue weighted by Crippen LogP contribution is 2.27. The van der Waals surface area contributed by atoms with Crippen molar-refractivity contribution in [2.24, 2.45) is 0 Å². The highest BCUT2D eigenvalue weighted by molar-refractivity contribution is 7.09. The van der Waals surface area contributed by atoms with E-state index < -0.39 is 5.97 Å². The molecule has 0 atom stereocenters. The summed E-state index contributed by atoms with van der Waals surface area (Å²) >= 11 is 1.24. The van der Waals surface area contributed by atoms with Gasteiger partial charge in [-0.3, -0.25) is 0 Å². The van der Waals surface area contributed by atoms with Crippen molar-refractivity contribution in [2.45, 2.75) is 19.8 Å². The molecule has 2 N–H and O–H groups in total. The predicted molar refractivity (Wildman–Crippen MR) is 73.7 cm³/mol. The van der Waals surface area contributed by atoms with Crippen LogP contribution in [-0.2, 0) is 6.42 Å². The van der Waals surface area contributed by atoms with Crippen molar-refractivity contribution in [1.82, 2.24) is 24.5 Å². The number of aromatic nitrogens is 5. The van der Waals surface area contributed by atoms with Gasteiger partial charge < -0.3 is 10.1 Å². The molecule has 0 bridgehead atoms. The number of aromatic carboxylic acids is 1. The Kier molecular flexibility index (Phi) is 3.15. The largest absolute Gasteiger partial charge is 0.478 e. The molecule has 3 aromatic rings. The molecule has 20 heavy (non-hydrogen) atoms. The lowest BCUT2D eigenvalue weighted by molar-refractivity contribution is 0.0699. The van der Waals surface area contributed by atoms with Crippen LogP contribution in [0.25, 0.3) is 21.9 Å². The number of nitrogens with one attached hydrogen (secondary N) is 1. The van der Waals surface area contributed by atoms with Crippen LogP contribution in [0.2, 0.25) is 0 Å². The predicted octanol–water partition coefficient (Wildman–Crippen LogP) is 2.13. The van der Waals surface area contributed by atoms with E-state index in [4.69, 9.17) is 5.11 Å². The van der Waals surface area contributed by atoms with E-state index in [9.17, 15) is 4.79 Å². The Morgan fingerprint density at radius 1 is 1.50 bits per heavy atom. The molecule has 0 aliphatic rings. The third-order valence-corrected chi connectivity index (χ3v) is 3.65. The van der Waals surface area contributed by atoms with Crippen molar-refractivity contribution in [3.8, 4) is 10.7 Å². The van der Waals surface area contributed by atoms with Crippen molar-refractivity contribution in [3.05, 3.63) is 23.5 Å². The second kappa shape index (κ2) is 4.97. The summed E-state index contributed by atoms with van der Waals surface area (Å²) in [5.74, 6) is -0.441. The minimum absolute atomic E-state index is 0.156. The summed E-state index contributed by atoms with van der Waals surface area (Å²) in [6.07, 6.45) is 3.20. The Bertz CT molecular complexity index is 779. The average molecular weight is 289 g/mol. The summed E-state index contributed by atoms with van der Waals surface area (Å²) in [5.41, 5.74) is 1.83. The highest BCUT2D eigenvalue weighted by atomic mass is 32.1. The molecular formula is C12H11N5O2S. The van der Waals surface area contributed by atoms with E-state index in [1.165, 1.54) is 23.8 Å². The van der Waals surface area contributed by atoms with Crippen molar-refractivity contribution in [3.63, 3.8) is 0 Å². The second-order valence-corrected chi connectivity index (χ2v) is 5.00. The molecule has 0 aromatic carbocycles. The van der Waals surface area contributed by atoms with Crippen LogP contribution < -0.4 is 0 Å². The van der Waals surface area contributed by atoms with E-state index in [1.807, 2.05) is 0 Å². The van der Waals surface area contributed by atoms with Gasteiger partial charge in [0.25, 0.3) is 0 Å². The van der Waals surface area contributed by atoms with Crippen LogP contribution in [0.4, 0.5) is 0 Å². The van der Waals surface area contributed by atoms with Crippen molar-refractivity contribution >= 4 is 28.7 Å². The number of carbonyl (C=O) groups is 1. The molecule has 3 rings (SSSR count). The third kappa shape index (κ3) is 2.03. The number of pyridine rings is 1. The molecule has 0 fully saturated rings. The molecule has 0 aliphatic carbocycles. The first-order chi connectivity index (χ1) is 9.70. The van der Waals surface area contributed by atoms with Gasteiger partial charge in [-0.05, 0) is 24.0 Å². The molecule has 0 spiro atoms. The average Bonchev–Trinajstić information content (AvgIpc) is 3.03. The fourth-order valence-corrected chi connectivity index (χ4v) is 2.64. The van der Waals surface area contributed by atoms with E-state index >= 15 is 0 Å². The molecule has 0 radical (unpaired) electrons. The number of carboxylic acids is 1. The summed E-state index contributed by atoms with van der Waals surface area (Å²) in [4.78, 5) is 23.5. The Balaban J connectivity index is 2.16. The van der Waals surface area contributed by atoms with Crippen molar-refractivity contribution < 1.29 is 9.90 Å². The number of aromatic amines is 1. The SMILES string of the molecule is CCCc1nnsc1-c1nc2nccc(C(=O)O)c2[nH]1. The molecule has 0 amide bonds. The molecule has 3 aromatic heterocycles. The third-order valence-electron chi connectivity index (χ3n) is 2.88. The maximum absolute atomic E-state index is 11.2. The maximum atomic E-state index is 11.2. The number of fused-ring (bicyclic) bond motifs is 1. The molecule has 0 unspecified atom stereocenters. The molecule has 8 heteroatoms. The lowest BCUT2D eigenvalue weighted by Gasteiger charge is -1.95. The van der Waals surface area contributed by atoms with E-state index in [1.54, 1.807) is 0 Å². The summed E-state index contributed by atoms with van der Waals surface area (Å²) in [7, 11) is 0. The van der Waals surface area contributed by atoms with Gasteiger partial charge >= 0.3 is 5.97 Å². The fraction of sp³-hybridized carbons (Fsp3) is 0.250. The zero-order chi connectivity index (χ0) is 14.1. The van der Waals surface area contributed by atoms with Gasteiger partial charge in [-0.1, -0.05) is 17.8 Å². The van der Waals surface area contributed by atoms with Gasteiger partial charge in [0.2, 0.25) is 0 Å². The maximum Gasteiger partial charge on any atom is 0.338 e. The van der Waals surface area contributed by atoms with Crippen LogP contribution in [0.3, 0.4) is 0 Å². The Labute approximate surface area is 117 Å². The topological polar surface area (TPSA) is 105 Å². The monoisotopic (exact) mass is 289 g/mol. The quantitative estimate of drug-likeness (QED) is 0.762. The number of carboxylic acid groups (broad SMARTS) is 1. The molecular weight excluding hydrogens is 278 g/mol. The van der Waals surface area contributed by atoms with Gasteiger partial charge in [0, 0.05) is 6.20 Å². The van der Waals surface area contributed by atoms with Crippen LogP contribution in [0.1, 0.15) is 29.4 Å². The first-order valence-electron chi connectivity index (χ1n) is 6.10. The smallest absolute Gasteiger partial charge is 0.338 e. The Morgan fingerprint density at radius 2 is 2.35 bits per heavy atom. The molecule has 102 valence electrons. The van der Waals surface area contributed by atoms with Crippen molar-refractivity contribution in [1.29, 1.82) is 0 Å². The fourth-order valence-electron chi connectivity index (χ4n) is 1.99. The van der Waals surface area contributed by atoms with Crippen LogP contribution in [0, 0.1) is 0 Å². The van der Waals surface area contributed by atoms with Crippen LogP contribution in [-0.4, -0.2) is 35.6 Å². The first-order valence-corrected chi connectivity index (χ1v) is 6.87. The van der Waals surface area contributed by atoms with Gasteiger partial charge in [0.15, 0.2) is 11.5 Å². The van der Waals surface area contributed by atoms with E-state index in [0.717, 1.165) is 23.4 Å². The van der Waals surface area contributed by atoms with Crippen LogP contribution >= 0.6 is 11.5 Å². The number of hydrogen-bond acceptors (Lipinski definition) is 6. The minimum atomic E-state index is -1.01. The number of aryl methyl sites for hydroxylation is 1. The number of H-pyrrole nitrogens is 1. The Morgan fingerprint density at radius 3 is 3.10 bits per heavy atom. The lowest BCUT2D eigenvalue weighted by Crippen LogP contribution is -1.97. The molecule has 0 saturated carbocycles. The molecule has 0 saturated heterocycles. The minimum Gasteiger partial charge on any atom is -0.478 e. The van der Waals surface area contributed by atoms with Gasteiger partial charge in [0.1, 0.15) is 4.88 Å². The van der Waals surface area contributed by atoms with E-state index in [0.29, 0.717) is 17.0 Å². The van der Waals surface area contributed by atoms with Gasteiger partial charge in [0.05, 0.1) is 16.8 Å². The van der Waals surface area contributed by atoms with E-state index in [2.05, 4.69) is 31.5 Å². The summed E-state index contributed by atoms with van der Waals surface area (Å²) in [6.45, 7) is 2.06. The normalized spacial score (nSPS) is 11.1. The molecule has 0 aliphatic heterocycles. The number of nitrogens with zero attached hydrogens (tertiary/aromatic N) is 4. The van der Waals surface area contributed by atoms with E-state index in [-0.39, 0.29) is 5.56 Å². The summed E-state index contributed by atoms with van der Waals surface area (Å²) in [5, 5.41) is 13.2. The van der Waals surface area contributed by atoms with Gasteiger partial charge in [-0.25, -0.2) is 14.8 Å².